The van der Waals surface area contributed by atoms with E-state index in [-0.39, 0.29) is 11.9 Å². The van der Waals surface area contributed by atoms with Crippen LogP contribution >= 0.6 is 0 Å². The molecule has 2 nitrogen and oxygen atoms in total. The first-order chi connectivity index (χ1) is 7.47. The van der Waals surface area contributed by atoms with E-state index in [1.54, 1.807) is 13.0 Å². The molecule has 1 aromatic rings. The lowest BCUT2D eigenvalue weighted by Crippen LogP contribution is -2.39. The number of benzene rings is 1. The Kier molecular flexibility index (Phi) is 2.80. The summed E-state index contributed by atoms with van der Waals surface area (Å²) in [6.07, 6.45) is -4.64. The largest absolute Gasteiger partial charge is 0.485 e. The molecule has 0 radical (unpaired) electrons. The fraction of sp³-hybridized carbons (Fsp3) is 0.455. The highest BCUT2D eigenvalue weighted by Crippen LogP contribution is 2.37. The van der Waals surface area contributed by atoms with Crippen LogP contribution in [0.2, 0.25) is 0 Å². The van der Waals surface area contributed by atoms with Gasteiger partial charge in [0.2, 0.25) is 0 Å². The summed E-state index contributed by atoms with van der Waals surface area (Å²) in [6.45, 7) is 2.32. The zero-order chi connectivity index (χ0) is 11.8. The fourth-order valence-electron chi connectivity index (χ4n) is 1.43. The number of hydrogen-bond donors (Lipinski definition) is 0. The molecular weight excluding hydrogens is 221 g/mol. The van der Waals surface area contributed by atoms with E-state index in [0.29, 0.717) is 18.8 Å². The molecule has 0 saturated carbocycles. The lowest BCUT2D eigenvalue weighted by Gasteiger charge is -2.28. The second kappa shape index (κ2) is 3.97. The fourth-order valence-corrected chi connectivity index (χ4v) is 1.43. The van der Waals surface area contributed by atoms with E-state index in [2.05, 4.69) is 0 Å². The average Bonchev–Trinajstić information content (AvgIpc) is 2.11. The quantitative estimate of drug-likeness (QED) is 0.780. The topological polar surface area (TPSA) is 18.5 Å². The Morgan fingerprint density at radius 2 is 2.00 bits per heavy atom. The monoisotopic (exact) mass is 232 g/mol. The molecule has 1 heterocycles. The van der Waals surface area contributed by atoms with Crippen LogP contribution in [0.1, 0.15) is 11.1 Å². The summed E-state index contributed by atoms with van der Waals surface area (Å²) in [7, 11) is 0. The molecule has 2 rings (SSSR count). The predicted octanol–water partition coefficient (Wildman–Crippen LogP) is 2.79. The van der Waals surface area contributed by atoms with Gasteiger partial charge in [0.1, 0.15) is 11.9 Å². The lowest BCUT2D eigenvalue weighted by molar-refractivity contribution is -0.141. The van der Waals surface area contributed by atoms with Gasteiger partial charge in [0, 0.05) is 0 Å². The van der Waals surface area contributed by atoms with Gasteiger partial charge in [0.05, 0.1) is 18.8 Å². The zero-order valence-corrected chi connectivity index (χ0v) is 8.67. The van der Waals surface area contributed by atoms with Gasteiger partial charge >= 0.3 is 6.18 Å². The molecule has 0 unspecified atom stereocenters. The predicted molar refractivity (Wildman–Crippen MR) is 51.4 cm³/mol. The highest BCUT2D eigenvalue weighted by Gasteiger charge is 2.35. The van der Waals surface area contributed by atoms with Crippen molar-refractivity contribution in [2.45, 2.75) is 19.2 Å². The third kappa shape index (κ3) is 2.29. The summed E-state index contributed by atoms with van der Waals surface area (Å²) in [4.78, 5) is 0. The van der Waals surface area contributed by atoms with E-state index in [1.807, 2.05) is 0 Å². The van der Waals surface area contributed by atoms with E-state index in [1.165, 1.54) is 6.07 Å². The first kappa shape index (κ1) is 11.3. The number of halogens is 3. The van der Waals surface area contributed by atoms with Crippen molar-refractivity contribution < 1.29 is 22.6 Å². The lowest BCUT2D eigenvalue weighted by atomic mass is 10.1. The van der Waals surface area contributed by atoms with Gasteiger partial charge in [-0.2, -0.15) is 13.2 Å². The van der Waals surface area contributed by atoms with Crippen LogP contribution in [0.25, 0.3) is 0 Å². The molecule has 16 heavy (non-hydrogen) atoms. The summed E-state index contributed by atoms with van der Waals surface area (Å²) in [5.41, 5.74) is -0.163. The molecule has 1 aliphatic heterocycles. The Morgan fingerprint density at radius 3 is 2.50 bits per heavy atom. The highest BCUT2D eigenvalue weighted by atomic mass is 19.4. The van der Waals surface area contributed by atoms with E-state index >= 15 is 0 Å². The van der Waals surface area contributed by atoms with Crippen LogP contribution < -0.4 is 4.74 Å². The van der Waals surface area contributed by atoms with Crippen LogP contribution in [0.3, 0.4) is 0 Å². The van der Waals surface area contributed by atoms with Gasteiger partial charge in [-0.25, -0.2) is 0 Å². The Hall–Kier alpha value is -1.23. The van der Waals surface area contributed by atoms with Gasteiger partial charge in [-0.05, 0) is 19.1 Å². The maximum absolute atomic E-state index is 12.7. The Balaban J connectivity index is 2.28. The van der Waals surface area contributed by atoms with Crippen LogP contribution in [0.15, 0.2) is 18.2 Å². The molecule has 1 aromatic carbocycles. The van der Waals surface area contributed by atoms with Gasteiger partial charge in [0.15, 0.2) is 0 Å². The van der Waals surface area contributed by atoms with Crippen molar-refractivity contribution in [3.05, 3.63) is 29.3 Å². The van der Waals surface area contributed by atoms with Gasteiger partial charge < -0.3 is 9.47 Å². The van der Waals surface area contributed by atoms with Crippen LogP contribution in [-0.4, -0.2) is 19.3 Å². The number of aryl methyl sites for hydroxylation is 1. The van der Waals surface area contributed by atoms with Crippen LogP contribution in [-0.2, 0) is 10.9 Å². The van der Waals surface area contributed by atoms with Crippen molar-refractivity contribution in [1.29, 1.82) is 0 Å². The second-order valence-corrected chi connectivity index (χ2v) is 3.77. The second-order valence-electron chi connectivity index (χ2n) is 3.77. The molecular formula is C11H11F3O2. The van der Waals surface area contributed by atoms with Gasteiger partial charge in [-0.3, -0.25) is 0 Å². The standard InChI is InChI=1S/C11H11F3O2/c1-7-2-3-10(16-8-5-15-6-8)9(4-7)11(12,13)14/h2-4,8H,5-6H2,1H3. The number of hydrogen-bond acceptors (Lipinski definition) is 2. The maximum Gasteiger partial charge on any atom is 0.419 e. The van der Waals surface area contributed by atoms with E-state index in [4.69, 9.17) is 9.47 Å². The molecule has 88 valence electrons. The summed E-state index contributed by atoms with van der Waals surface area (Å²) in [6, 6.07) is 4.05. The van der Waals surface area contributed by atoms with Crippen molar-refractivity contribution in [2.75, 3.05) is 13.2 Å². The molecule has 0 amide bonds. The number of rotatable bonds is 2. The summed E-state index contributed by atoms with van der Waals surface area (Å²) >= 11 is 0. The highest BCUT2D eigenvalue weighted by molar-refractivity contribution is 5.39. The van der Waals surface area contributed by atoms with Gasteiger partial charge in [-0.1, -0.05) is 11.6 Å². The van der Waals surface area contributed by atoms with Crippen molar-refractivity contribution in [1.82, 2.24) is 0 Å². The Bertz CT molecular complexity index is 383. The molecule has 0 bridgehead atoms. The summed E-state index contributed by atoms with van der Waals surface area (Å²) in [5, 5.41) is 0. The maximum atomic E-state index is 12.7. The minimum absolute atomic E-state index is 0.119. The molecule has 0 atom stereocenters. The molecule has 0 aromatic heterocycles. The normalized spacial score (nSPS) is 17.0. The molecule has 0 N–H and O–H groups in total. The third-order valence-corrected chi connectivity index (χ3v) is 2.34. The number of alkyl halides is 3. The van der Waals surface area contributed by atoms with Gasteiger partial charge in [-0.15, -0.1) is 0 Å². The van der Waals surface area contributed by atoms with Crippen molar-refractivity contribution in [3.8, 4) is 5.75 Å². The first-order valence-electron chi connectivity index (χ1n) is 4.89. The van der Waals surface area contributed by atoms with Crippen molar-refractivity contribution >= 4 is 0 Å². The van der Waals surface area contributed by atoms with E-state index < -0.39 is 11.7 Å². The molecule has 5 heteroatoms. The third-order valence-electron chi connectivity index (χ3n) is 2.34. The first-order valence-corrected chi connectivity index (χ1v) is 4.89. The van der Waals surface area contributed by atoms with Crippen LogP contribution in [0.5, 0.6) is 5.75 Å². The van der Waals surface area contributed by atoms with Gasteiger partial charge in [0.25, 0.3) is 0 Å². The van der Waals surface area contributed by atoms with Crippen LogP contribution in [0, 0.1) is 6.92 Å². The molecule has 0 aliphatic carbocycles. The smallest absolute Gasteiger partial charge is 0.419 e. The van der Waals surface area contributed by atoms with Crippen molar-refractivity contribution in [2.24, 2.45) is 0 Å². The Labute approximate surface area is 91.0 Å². The van der Waals surface area contributed by atoms with Crippen molar-refractivity contribution in [3.63, 3.8) is 0 Å². The zero-order valence-electron chi connectivity index (χ0n) is 8.67. The molecule has 1 saturated heterocycles. The molecule has 0 spiro atoms. The molecule has 1 fully saturated rings. The number of ether oxygens (including phenoxy) is 2. The summed E-state index contributed by atoms with van der Waals surface area (Å²) in [5.74, 6) is -0.119. The molecule has 1 aliphatic rings. The Morgan fingerprint density at radius 1 is 1.31 bits per heavy atom. The summed E-state index contributed by atoms with van der Waals surface area (Å²) < 4.78 is 48.1. The average molecular weight is 232 g/mol. The minimum Gasteiger partial charge on any atom is -0.485 e. The SMILES string of the molecule is Cc1ccc(OC2COC2)c(C(F)(F)F)c1. The van der Waals surface area contributed by atoms with E-state index in [0.717, 1.165) is 6.07 Å². The van der Waals surface area contributed by atoms with Crippen LogP contribution in [0.4, 0.5) is 13.2 Å². The van der Waals surface area contributed by atoms with E-state index in [9.17, 15) is 13.2 Å². The minimum atomic E-state index is -4.38.